The molecule has 2 atom stereocenters. The van der Waals surface area contributed by atoms with E-state index in [2.05, 4.69) is 0 Å². The van der Waals surface area contributed by atoms with Crippen molar-refractivity contribution in [2.45, 2.75) is 19.1 Å². The number of hydrogen-bond donors (Lipinski definition) is 2. The van der Waals surface area contributed by atoms with Crippen LogP contribution in [0, 0.1) is 11.6 Å². The minimum Gasteiger partial charge on any atom is -0.493 e. The van der Waals surface area contributed by atoms with E-state index in [0.29, 0.717) is 0 Å². The van der Waals surface area contributed by atoms with E-state index in [1.165, 1.54) is 13.2 Å². The molecule has 1 rings (SSSR count). The van der Waals surface area contributed by atoms with Crippen LogP contribution in [0.15, 0.2) is 12.1 Å². The Morgan fingerprint density at radius 1 is 1.40 bits per heavy atom. The third kappa shape index (κ3) is 2.24. The highest BCUT2D eigenvalue weighted by Gasteiger charge is 2.21. The average Bonchev–Trinajstić information content (AvgIpc) is 2.20. The molecule has 0 saturated heterocycles. The van der Waals surface area contributed by atoms with E-state index < -0.39 is 23.8 Å². The summed E-state index contributed by atoms with van der Waals surface area (Å²) in [5.41, 5.74) is 5.60. The third-order valence-electron chi connectivity index (χ3n) is 2.10. The normalized spacial score (nSPS) is 14.8. The second-order valence-electron chi connectivity index (χ2n) is 3.29. The third-order valence-corrected chi connectivity index (χ3v) is 2.10. The van der Waals surface area contributed by atoms with Crippen LogP contribution in [-0.2, 0) is 0 Å². The second kappa shape index (κ2) is 4.55. The molecule has 0 aliphatic rings. The van der Waals surface area contributed by atoms with Crippen molar-refractivity contribution in [3.63, 3.8) is 0 Å². The van der Waals surface area contributed by atoms with Gasteiger partial charge in [-0.15, -0.1) is 0 Å². The molecule has 1 aromatic rings. The zero-order valence-corrected chi connectivity index (χ0v) is 8.50. The van der Waals surface area contributed by atoms with Gasteiger partial charge < -0.3 is 15.6 Å². The maximum Gasteiger partial charge on any atom is 0.200 e. The highest BCUT2D eigenvalue weighted by Crippen LogP contribution is 2.30. The molecule has 0 aliphatic carbocycles. The fraction of sp³-hybridized carbons (Fsp3) is 0.400. The predicted molar refractivity (Wildman–Crippen MR) is 51.5 cm³/mol. The predicted octanol–water partition coefficient (Wildman–Crippen LogP) is 1.35. The monoisotopic (exact) mass is 217 g/mol. The van der Waals surface area contributed by atoms with Gasteiger partial charge in [-0.2, -0.15) is 4.39 Å². The number of methoxy groups -OCH3 is 1. The van der Waals surface area contributed by atoms with Gasteiger partial charge in [-0.1, -0.05) is 0 Å². The lowest BCUT2D eigenvalue weighted by Crippen LogP contribution is -2.25. The second-order valence-corrected chi connectivity index (χ2v) is 3.29. The SMILES string of the molecule is COc1c([C@@H](O)[C@H](C)N)ccc(F)c1F. The van der Waals surface area contributed by atoms with E-state index in [-0.39, 0.29) is 11.3 Å². The van der Waals surface area contributed by atoms with Crippen molar-refractivity contribution in [1.82, 2.24) is 0 Å². The molecule has 0 amide bonds. The van der Waals surface area contributed by atoms with Crippen molar-refractivity contribution in [1.29, 1.82) is 0 Å². The van der Waals surface area contributed by atoms with Crippen molar-refractivity contribution in [3.05, 3.63) is 29.3 Å². The minimum absolute atomic E-state index is 0.145. The summed E-state index contributed by atoms with van der Waals surface area (Å²) in [6.45, 7) is 1.56. The van der Waals surface area contributed by atoms with Gasteiger partial charge in [0.1, 0.15) is 0 Å². The fourth-order valence-electron chi connectivity index (χ4n) is 1.27. The summed E-state index contributed by atoms with van der Waals surface area (Å²) in [5, 5.41) is 9.63. The Hall–Kier alpha value is -1.20. The zero-order chi connectivity index (χ0) is 11.6. The molecule has 0 aliphatic heterocycles. The molecule has 0 bridgehead atoms. The lowest BCUT2D eigenvalue weighted by molar-refractivity contribution is 0.148. The molecule has 1 aromatic carbocycles. The van der Waals surface area contributed by atoms with Crippen molar-refractivity contribution in [3.8, 4) is 5.75 Å². The van der Waals surface area contributed by atoms with Crippen LogP contribution in [0.1, 0.15) is 18.6 Å². The number of aliphatic hydroxyl groups is 1. The van der Waals surface area contributed by atoms with E-state index in [0.717, 1.165) is 6.07 Å². The fourth-order valence-corrected chi connectivity index (χ4v) is 1.27. The number of benzene rings is 1. The van der Waals surface area contributed by atoms with Crippen LogP contribution < -0.4 is 10.5 Å². The standard InChI is InChI=1S/C10H13F2NO2/c1-5(13)9(14)6-3-4-7(11)8(12)10(6)15-2/h3-5,9,14H,13H2,1-2H3/t5-,9-/m0/s1. The molecule has 0 radical (unpaired) electrons. The van der Waals surface area contributed by atoms with E-state index in [1.807, 2.05) is 0 Å². The molecule has 0 fully saturated rings. The van der Waals surface area contributed by atoms with Gasteiger partial charge >= 0.3 is 0 Å². The van der Waals surface area contributed by atoms with E-state index >= 15 is 0 Å². The number of nitrogens with two attached hydrogens (primary N) is 1. The van der Waals surface area contributed by atoms with Crippen molar-refractivity contribution in [2.24, 2.45) is 5.73 Å². The van der Waals surface area contributed by atoms with Crippen LogP contribution in [0.2, 0.25) is 0 Å². The van der Waals surface area contributed by atoms with Gasteiger partial charge in [0.15, 0.2) is 11.6 Å². The lowest BCUT2D eigenvalue weighted by Gasteiger charge is -2.18. The van der Waals surface area contributed by atoms with Crippen LogP contribution in [0.4, 0.5) is 8.78 Å². The first-order chi connectivity index (χ1) is 6.99. The smallest absolute Gasteiger partial charge is 0.200 e. The number of rotatable bonds is 3. The van der Waals surface area contributed by atoms with E-state index in [1.54, 1.807) is 6.92 Å². The molecule has 3 nitrogen and oxygen atoms in total. The van der Waals surface area contributed by atoms with Crippen LogP contribution in [-0.4, -0.2) is 18.3 Å². The quantitative estimate of drug-likeness (QED) is 0.803. The van der Waals surface area contributed by atoms with Crippen LogP contribution in [0.25, 0.3) is 0 Å². The van der Waals surface area contributed by atoms with E-state index in [4.69, 9.17) is 10.5 Å². The van der Waals surface area contributed by atoms with Gasteiger partial charge in [-0.05, 0) is 19.1 Å². The molecule has 0 heterocycles. The molecule has 5 heteroatoms. The molecule has 3 N–H and O–H groups in total. The minimum atomic E-state index is -1.12. The van der Waals surface area contributed by atoms with Crippen molar-refractivity contribution < 1.29 is 18.6 Å². The first kappa shape index (κ1) is 11.9. The lowest BCUT2D eigenvalue weighted by atomic mass is 10.0. The summed E-state index contributed by atoms with van der Waals surface area (Å²) in [6.07, 6.45) is -1.09. The molecular weight excluding hydrogens is 204 g/mol. The summed E-state index contributed by atoms with van der Waals surface area (Å²) in [7, 11) is 1.20. The topological polar surface area (TPSA) is 55.5 Å². The van der Waals surface area contributed by atoms with Gasteiger partial charge in [-0.3, -0.25) is 0 Å². The maximum absolute atomic E-state index is 13.2. The van der Waals surface area contributed by atoms with Crippen LogP contribution in [0.5, 0.6) is 5.75 Å². The Bertz CT molecular complexity index is 356. The Labute approximate surface area is 86.5 Å². The molecular formula is C10H13F2NO2. The molecule has 0 spiro atoms. The number of hydrogen-bond acceptors (Lipinski definition) is 3. The van der Waals surface area contributed by atoms with Gasteiger partial charge in [0, 0.05) is 11.6 Å². The molecule has 0 unspecified atom stereocenters. The molecule has 0 aromatic heterocycles. The first-order valence-corrected chi connectivity index (χ1v) is 4.44. The maximum atomic E-state index is 13.2. The van der Waals surface area contributed by atoms with E-state index in [9.17, 15) is 13.9 Å². The Kier molecular flexibility index (Phi) is 3.60. The van der Waals surface area contributed by atoms with Gasteiger partial charge in [-0.25, -0.2) is 4.39 Å². The summed E-state index contributed by atoms with van der Waals surface area (Å²) in [4.78, 5) is 0. The summed E-state index contributed by atoms with van der Waals surface area (Å²) >= 11 is 0. The Morgan fingerprint density at radius 2 is 2.00 bits per heavy atom. The largest absolute Gasteiger partial charge is 0.493 e. The molecule has 0 saturated carbocycles. The van der Waals surface area contributed by atoms with Crippen LogP contribution >= 0.6 is 0 Å². The van der Waals surface area contributed by atoms with Crippen molar-refractivity contribution in [2.75, 3.05) is 7.11 Å². The summed E-state index contributed by atoms with van der Waals surface area (Å²) in [6, 6.07) is 1.59. The molecule has 15 heavy (non-hydrogen) atoms. The number of aliphatic hydroxyl groups excluding tert-OH is 1. The highest BCUT2D eigenvalue weighted by atomic mass is 19.2. The number of halogens is 2. The summed E-state index contributed by atoms with van der Waals surface area (Å²) in [5.74, 6) is -2.44. The average molecular weight is 217 g/mol. The first-order valence-electron chi connectivity index (χ1n) is 4.44. The van der Waals surface area contributed by atoms with Gasteiger partial charge in [0.05, 0.1) is 13.2 Å². The molecule has 84 valence electrons. The number of ether oxygens (including phenoxy) is 1. The summed E-state index contributed by atoms with van der Waals surface area (Å²) < 4.78 is 30.8. The van der Waals surface area contributed by atoms with Crippen LogP contribution in [0.3, 0.4) is 0 Å². The Morgan fingerprint density at radius 3 is 2.47 bits per heavy atom. The zero-order valence-electron chi connectivity index (χ0n) is 8.50. The van der Waals surface area contributed by atoms with Gasteiger partial charge in [0.25, 0.3) is 0 Å². The highest BCUT2D eigenvalue weighted by molar-refractivity contribution is 5.37. The van der Waals surface area contributed by atoms with Crippen molar-refractivity contribution >= 4 is 0 Å². The Balaban J connectivity index is 3.24. The van der Waals surface area contributed by atoms with Gasteiger partial charge in [0.2, 0.25) is 5.82 Å².